The second kappa shape index (κ2) is 7.62. The summed E-state index contributed by atoms with van der Waals surface area (Å²) in [5, 5.41) is 8.92. The number of amides is 1. The summed E-state index contributed by atoms with van der Waals surface area (Å²) in [6.07, 6.45) is 3.91. The van der Waals surface area contributed by atoms with Crippen LogP contribution in [0.2, 0.25) is 0 Å². The summed E-state index contributed by atoms with van der Waals surface area (Å²) >= 11 is 0. The molecule has 0 bridgehead atoms. The molecule has 1 rings (SSSR count). The van der Waals surface area contributed by atoms with Crippen molar-refractivity contribution in [2.75, 3.05) is 6.54 Å². The van der Waals surface area contributed by atoms with Crippen LogP contribution in [0.4, 0.5) is 0 Å². The Morgan fingerprint density at radius 1 is 1.33 bits per heavy atom. The fourth-order valence-corrected chi connectivity index (χ4v) is 2.09. The maximum absolute atomic E-state index is 12.2. The van der Waals surface area contributed by atoms with Crippen molar-refractivity contribution in [2.45, 2.75) is 40.2 Å². The molecule has 1 aromatic carbocycles. The van der Waals surface area contributed by atoms with Gasteiger partial charge in [0.2, 0.25) is 5.91 Å². The first-order chi connectivity index (χ1) is 9.85. The third kappa shape index (κ3) is 5.06. The standard InChI is InChI=1S/C17H23NO3/c1-5-14(4)18(11-17(20)21)16(19)9-8-15-7-6-12(2)10-13(15)3/h6-10,14H,5,11H2,1-4H3,(H,20,21)/b9-8+. The number of carbonyl (C=O) groups excluding carboxylic acids is 1. The highest BCUT2D eigenvalue weighted by Gasteiger charge is 2.19. The van der Waals surface area contributed by atoms with Crippen LogP contribution in [-0.4, -0.2) is 34.5 Å². The molecular formula is C17H23NO3. The van der Waals surface area contributed by atoms with E-state index >= 15 is 0 Å². The minimum atomic E-state index is -0.997. The van der Waals surface area contributed by atoms with Crippen molar-refractivity contribution in [3.8, 4) is 0 Å². The first-order valence-electron chi connectivity index (χ1n) is 7.12. The lowest BCUT2D eigenvalue weighted by Crippen LogP contribution is -2.40. The molecule has 21 heavy (non-hydrogen) atoms. The molecule has 1 amide bonds. The summed E-state index contributed by atoms with van der Waals surface area (Å²) in [6.45, 7) is 7.52. The Hall–Kier alpha value is -2.10. The molecule has 0 spiro atoms. The average Bonchev–Trinajstić information content (AvgIpc) is 2.42. The van der Waals surface area contributed by atoms with Crippen molar-refractivity contribution in [3.63, 3.8) is 0 Å². The molecule has 0 aliphatic carbocycles. The molecule has 0 radical (unpaired) electrons. The van der Waals surface area contributed by atoms with Crippen molar-refractivity contribution in [3.05, 3.63) is 41.0 Å². The second-order valence-electron chi connectivity index (χ2n) is 5.31. The van der Waals surface area contributed by atoms with Crippen molar-refractivity contribution in [1.82, 2.24) is 4.90 Å². The van der Waals surface area contributed by atoms with Gasteiger partial charge in [-0.15, -0.1) is 0 Å². The topological polar surface area (TPSA) is 57.6 Å². The number of aryl methyl sites for hydroxylation is 2. The van der Waals surface area contributed by atoms with Crippen LogP contribution in [0.15, 0.2) is 24.3 Å². The van der Waals surface area contributed by atoms with Gasteiger partial charge in [-0.3, -0.25) is 9.59 Å². The number of hydrogen-bond donors (Lipinski definition) is 1. The van der Waals surface area contributed by atoms with Gasteiger partial charge in [-0.25, -0.2) is 0 Å². The number of hydrogen-bond acceptors (Lipinski definition) is 2. The normalized spacial score (nSPS) is 12.4. The van der Waals surface area contributed by atoms with E-state index in [1.807, 2.05) is 45.9 Å². The number of benzene rings is 1. The predicted molar refractivity (Wildman–Crippen MR) is 84.1 cm³/mol. The first-order valence-corrected chi connectivity index (χ1v) is 7.12. The SMILES string of the molecule is CCC(C)N(CC(=O)O)C(=O)/C=C/c1ccc(C)cc1C. The van der Waals surface area contributed by atoms with Gasteiger partial charge in [0, 0.05) is 12.1 Å². The molecule has 0 saturated carbocycles. The minimum Gasteiger partial charge on any atom is -0.480 e. The van der Waals surface area contributed by atoms with Gasteiger partial charge in [0.05, 0.1) is 0 Å². The lowest BCUT2D eigenvalue weighted by Gasteiger charge is -2.25. The van der Waals surface area contributed by atoms with E-state index in [0.717, 1.165) is 17.5 Å². The van der Waals surface area contributed by atoms with Gasteiger partial charge < -0.3 is 10.0 Å². The maximum Gasteiger partial charge on any atom is 0.323 e. The predicted octanol–water partition coefficient (Wildman–Crippen LogP) is 3.03. The van der Waals surface area contributed by atoms with Crippen molar-refractivity contribution >= 4 is 18.0 Å². The molecule has 1 N–H and O–H groups in total. The fourth-order valence-electron chi connectivity index (χ4n) is 2.09. The van der Waals surface area contributed by atoms with E-state index in [2.05, 4.69) is 0 Å². The number of rotatable bonds is 6. The molecule has 0 aromatic heterocycles. The quantitative estimate of drug-likeness (QED) is 0.819. The van der Waals surface area contributed by atoms with Crippen LogP contribution < -0.4 is 0 Å². The highest BCUT2D eigenvalue weighted by molar-refractivity contribution is 5.93. The van der Waals surface area contributed by atoms with Crippen LogP contribution in [0.3, 0.4) is 0 Å². The van der Waals surface area contributed by atoms with E-state index in [9.17, 15) is 9.59 Å². The number of carbonyl (C=O) groups is 2. The number of aliphatic carboxylic acids is 1. The summed E-state index contributed by atoms with van der Waals surface area (Å²) in [5.74, 6) is -1.27. The van der Waals surface area contributed by atoms with E-state index in [1.165, 1.54) is 16.5 Å². The average molecular weight is 289 g/mol. The van der Waals surface area contributed by atoms with Crippen LogP contribution in [0.5, 0.6) is 0 Å². The summed E-state index contributed by atoms with van der Waals surface area (Å²) in [6, 6.07) is 5.89. The van der Waals surface area contributed by atoms with E-state index in [0.29, 0.717) is 0 Å². The first kappa shape index (κ1) is 17.0. The van der Waals surface area contributed by atoms with Crippen molar-refractivity contribution in [2.24, 2.45) is 0 Å². The molecule has 0 saturated heterocycles. The zero-order valence-corrected chi connectivity index (χ0v) is 13.1. The highest BCUT2D eigenvalue weighted by Crippen LogP contribution is 2.13. The molecular weight excluding hydrogens is 266 g/mol. The second-order valence-corrected chi connectivity index (χ2v) is 5.31. The summed E-state index contributed by atoms with van der Waals surface area (Å²) in [7, 11) is 0. The lowest BCUT2D eigenvalue weighted by molar-refractivity contribution is -0.144. The Morgan fingerprint density at radius 3 is 2.52 bits per heavy atom. The largest absolute Gasteiger partial charge is 0.480 e. The molecule has 1 aromatic rings. The minimum absolute atomic E-state index is 0.0997. The summed E-state index contributed by atoms with van der Waals surface area (Å²) < 4.78 is 0. The van der Waals surface area contributed by atoms with Gasteiger partial charge in [-0.2, -0.15) is 0 Å². The third-order valence-corrected chi connectivity index (χ3v) is 3.54. The van der Waals surface area contributed by atoms with Gasteiger partial charge in [0.15, 0.2) is 0 Å². The zero-order chi connectivity index (χ0) is 16.0. The van der Waals surface area contributed by atoms with Crippen LogP contribution in [0.1, 0.15) is 37.0 Å². The summed E-state index contributed by atoms with van der Waals surface area (Å²) in [4.78, 5) is 24.5. The number of nitrogens with zero attached hydrogens (tertiary/aromatic N) is 1. The van der Waals surface area contributed by atoms with Crippen LogP contribution in [0, 0.1) is 13.8 Å². The third-order valence-electron chi connectivity index (χ3n) is 3.54. The van der Waals surface area contributed by atoms with E-state index in [1.54, 1.807) is 6.08 Å². The van der Waals surface area contributed by atoms with Crippen molar-refractivity contribution < 1.29 is 14.7 Å². The Balaban J connectivity index is 2.89. The molecule has 0 heterocycles. The Kier molecular flexibility index (Phi) is 6.15. The van der Waals surface area contributed by atoms with Crippen LogP contribution in [-0.2, 0) is 9.59 Å². The summed E-state index contributed by atoms with van der Waals surface area (Å²) in [5.41, 5.74) is 3.23. The Morgan fingerprint density at radius 2 is 2.00 bits per heavy atom. The molecule has 4 nitrogen and oxygen atoms in total. The maximum atomic E-state index is 12.2. The molecule has 1 atom stereocenters. The smallest absolute Gasteiger partial charge is 0.323 e. The van der Waals surface area contributed by atoms with E-state index < -0.39 is 5.97 Å². The molecule has 114 valence electrons. The zero-order valence-electron chi connectivity index (χ0n) is 13.1. The van der Waals surface area contributed by atoms with Gasteiger partial charge in [0.1, 0.15) is 6.54 Å². The van der Waals surface area contributed by atoms with E-state index in [-0.39, 0.29) is 18.5 Å². The van der Waals surface area contributed by atoms with Gasteiger partial charge in [0.25, 0.3) is 0 Å². The number of carboxylic acids is 1. The monoisotopic (exact) mass is 289 g/mol. The molecule has 4 heteroatoms. The van der Waals surface area contributed by atoms with Crippen LogP contribution in [0.25, 0.3) is 6.08 Å². The Bertz CT molecular complexity index is 549. The fraction of sp³-hybridized carbons (Fsp3) is 0.412. The van der Waals surface area contributed by atoms with Gasteiger partial charge in [-0.05, 0) is 44.4 Å². The Labute approximate surface area is 126 Å². The molecule has 0 aliphatic rings. The van der Waals surface area contributed by atoms with E-state index in [4.69, 9.17) is 5.11 Å². The molecule has 0 aliphatic heterocycles. The highest BCUT2D eigenvalue weighted by atomic mass is 16.4. The lowest BCUT2D eigenvalue weighted by atomic mass is 10.1. The molecule has 0 fully saturated rings. The van der Waals surface area contributed by atoms with Crippen molar-refractivity contribution in [1.29, 1.82) is 0 Å². The van der Waals surface area contributed by atoms with Gasteiger partial charge >= 0.3 is 5.97 Å². The molecule has 1 unspecified atom stereocenters. The van der Waals surface area contributed by atoms with Gasteiger partial charge in [-0.1, -0.05) is 30.7 Å². The number of carboxylic acid groups (broad SMARTS) is 1. The van der Waals surface area contributed by atoms with Crippen LogP contribution >= 0.6 is 0 Å².